The molecule has 7 nitrogen and oxygen atoms in total. The van der Waals surface area contributed by atoms with Gasteiger partial charge in [0.25, 0.3) is 0 Å². The molecule has 1 saturated heterocycles. The quantitative estimate of drug-likeness (QED) is 0.529. The summed E-state index contributed by atoms with van der Waals surface area (Å²) in [7, 11) is 0. The Hall–Kier alpha value is -3.78. The van der Waals surface area contributed by atoms with Crippen molar-refractivity contribution in [3.63, 3.8) is 0 Å². The van der Waals surface area contributed by atoms with Gasteiger partial charge in [0.15, 0.2) is 0 Å². The molecule has 1 aromatic heterocycles. The maximum Gasteiger partial charge on any atom is 0.309 e. The van der Waals surface area contributed by atoms with Crippen LogP contribution in [-0.2, 0) is 16.1 Å². The fraction of sp³-hybridized carbons (Fsp3) is 0.269. The lowest BCUT2D eigenvalue weighted by Crippen LogP contribution is -2.50. The number of piperazine rings is 1. The molecule has 34 heavy (non-hydrogen) atoms. The van der Waals surface area contributed by atoms with E-state index in [0.717, 1.165) is 43.0 Å². The van der Waals surface area contributed by atoms with E-state index in [0.29, 0.717) is 13.1 Å². The first kappa shape index (κ1) is 23.4. The van der Waals surface area contributed by atoms with Crippen molar-refractivity contribution in [1.82, 2.24) is 20.5 Å². The smallest absolute Gasteiger partial charge is 0.309 e. The third-order valence-corrected chi connectivity index (χ3v) is 5.97. The molecule has 176 valence electrons. The fourth-order valence-electron chi connectivity index (χ4n) is 4.10. The largest absolute Gasteiger partial charge is 0.369 e. The Bertz CT molecular complexity index is 1070. The summed E-state index contributed by atoms with van der Waals surface area (Å²) < 4.78 is 13.3. The van der Waals surface area contributed by atoms with Gasteiger partial charge in [0.2, 0.25) is 0 Å². The van der Waals surface area contributed by atoms with Crippen LogP contribution in [0.3, 0.4) is 0 Å². The molecule has 2 N–H and O–H groups in total. The lowest BCUT2D eigenvalue weighted by Gasteiger charge is -2.40. The van der Waals surface area contributed by atoms with Gasteiger partial charge in [-0.15, -0.1) is 0 Å². The molecular weight excluding hydrogens is 433 g/mol. The molecule has 8 heteroatoms. The van der Waals surface area contributed by atoms with Crippen LogP contribution in [-0.4, -0.2) is 54.4 Å². The number of pyridine rings is 1. The monoisotopic (exact) mass is 461 g/mol. The summed E-state index contributed by atoms with van der Waals surface area (Å²) in [5.74, 6) is -1.56. The van der Waals surface area contributed by atoms with Crippen molar-refractivity contribution in [1.29, 1.82) is 0 Å². The van der Waals surface area contributed by atoms with Crippen molar-refractivity contribution < 1.29 is 14.0 Å². The second-order valence-corrected chi connectivity index (χ2v) is 8.18. The topological polar surface area (TPSA) is 77.6 Å². The summed E-state index contributed by atoms with van der Waals surface area (Å²) >= 11 is 0. The van der Waals surface area contributed by atoms with E-state index in [1.807, 2.05) is 42.5 Å². The molecule has 0 saturated carbocycles. The van der Waals surface area contributed by atoms with Gasteiger partial charge in [-0.3, -0.25) is 19.5 Å². The first-order valence-corrected chi connectivity index (χ1v) is 11.3. The standard InChI is InChI=1S/C26H28FN5O2/c27-22-8-10-23(11-9-22)31-13-15-32(16-14-31)24(21-7-4-12-28-18-21)19-30-26(34)25(33)29-17-20-5-2-1-3-6-20/h1-12,18,24H,13-17,19H2,(H,29,33)(H,30,34)/t24-/m1/s1. The van der Waals surface area contributed by atoms with Crippen LogP contribution in [0.1, 0.15) is 17.2 Å². The van der Waals surface area contributed by atoms with Crippen LogP contribution in [0, 0.1) is 5.82 Å². The zero-order valence-electron chi connectivity index (χ0n) is 18.9. The highest BCUT2D eigenvalue weighted by molar-refractivity contribution is 6.35. The lowest BCUT2D eigenvalue weighted by atomic mass is 10.1. The van der Waals surface area contributed by atoms with Crippen molar-refractivity contribution in [2.24, 2.45) is 0 Å². The Morgan fingerprint density at radius 2 is 1.59 bits per heavy atom. The molecule has 0 bridgehead atoms. The van der Waals surface area contributed by atoms with Crippen molar-refractivity contribution in [2.45, 2.75) is 12.6 Å². The summed E-state index contributed by atoms with van der Waals surface area (Å²) in [5, 5.41) is 5.45. The summed E-state index contributed by atoms with van der Waals surface area (Å²) in [6.45, 7) is 3.64. The summed E-state index contributed by atoms with van der Waals surface area (Å²) in [4.78, 5) is 33.5. The molecule has 1 aliphatic rings. The number of carbonyl (C=O) groups excluding carboxylic acids is 2. The third kappa shape index (κ3) is 6.17. The number of hydrogen-bond donors (Lipinski definition) is 2. The molecule has 2 heterocycles. The van der Waals surface area contributed by atoms with Gasteiger partial charge >= 0.3 is 11.8 Å². The number of nitrogens with one attached hydrogen (secondary N) is 2. The van der Waals surface area contributed by atoms with E-state index in [2.05, 4.69) is 25.4 Å². The third-order valence-electron chi connectivity index (χ3n) is 5.97. The molecule has 0 unspecified atom stereocenters. The zero-order valence-corrected chi connectivity index (χ0v) is 18.9. The van der Waals surface area contributed by atoms with Gasteiger partial charge in [0.05, 0.1) is 6.04 Å². The maximum absolute atomic E-state index is 13.3. The normalized spacial score (nSPS) is 14.9. The molecule has 0 radical (unpaired) electrons. The van der Waals surface area contributed by atoms with Gasteiger partial charge in [-0.05, 0) is 41.5 Å². The Balaban J connectivity index is 1.35. The average molecular weight is 462 g/mol. The maximum atomic E-state index is 13.3. The first-order chi connectivity index (χ1) is 16.6. The van der Waals surface area contributed by atoms with Crippen molar-refractivity contribution >= 4 is 17.5 Å². The number of halogens is 1. The second-order valence-electron chi connectivity index (χ2n) is 8.18. The van der Waals surface area contributed by atoms with E-state index in [4.69, 9.17) is 0 Å². The number of rotatable bonds is 7. The molecule has 2 amide bonds. The van der Waals surface area contributed by atoms with E-state index in [9.17, 15) is 14.0 Å². The van der Waals surface area contributed by atoms with Gasteiger partial charge in [0.1, 0.15) is 5.82 Å². The Labute approximate surface area is 198 Å². The Kier molecular flexibility index (Phi) is 7.83. The number of aromatic nitrogens is 1. The molecule has 1 atom stereocenters. The van der Waals surface area contributed by atoms with Crippen LogP contribution in [0.5, 0.6) is 0 Å². The van der Waals surface area contributed by atoms with Crippen molar-refractivity contribution in [3.05, 3.63) is 96.1 Å². The summed E-state index contributed by atoms with van der Waals surface area (Å²) in [5.41, 5.74) is 2.89. The van der Waals surface area contributed by atoms with E-state index < -0.39 is 11.8 Å². The van der Waals surface area contributed by atoms with E-state index in [1.54, 1.807) is 24.5 Å². The number of hydrogen-bond acceptors (Lipinski definition) is 5. The number of anilines is 1. The molecule has 4 rings (SSSR count). The number of amides is 2. The van der Waals surface area contributed by atoms with E-state index >= 15 is 0 Å². The molecule has 1 fully saturated rings. The number of nitrogens with zero attached hydrogens (tertiary/aromatic N) is 3. The van der Waals surface area contributed by atoms with Gasteiger partial charge in [-0.2, -0.15) is 0 Å². The molecule has 1 aliphatic heterocycles. The average Bonchev–Trinajstić information content (AvgIpc) is 2.89. The van der Waals surface area contributed by atoms with Crippen molar-refractivity contribution in [3.8, 4) is 0 Å². The number of benzene rings is 2. The highest BCUT2D eigenvalue weighted by Gasteiger charge is 2.26. The fourth-order valence-corrected chi connectivity index (χ4v) is 4.10. The minimum atomic E-state index is -0.658. The minimum Gasteiger partial charge on any atom is -0.369 e. The highest BCUT2D eigenvalue weighted by Crippen LogP contribution is 2.23. The van der Waals surface area contributed by atoms with E-state index in [-0.39, 0.29) is 11.9 Å². The van der Waals surface area contributed by atoms with Gasteiger partial charge < -0.3 is 15.5 Å². The molecule has 2 aromatic carbocycles. The highest BCUT2D eigenvalue weighted by atomic mass is 19.1. The predicted octanol–water partition coefficient (Wildman–Crippen LogP) is 2.52. The van der Waals surface area contributed by atoms with Crippen LogP contribution < -0.4 is 15.5 Å². The molecular formula is C26H28FN5O2. The summed E-state index contributed by atoms with van der Waals surface area (Å²) in [6.07, 6.45) is 3.50. The van der Waals surface area contributed by atoms with Crippen LogP contribution in [0.15, 0.2) is 79.1 Å². The van der Waals surface area contributed by atoms with E-state index in [1.165, 1.54) is 12.1 Å². The lowest BCUT2D eigenvalue weighted by molar-refractivity contribution is -0.139. The molecule has 0 spiro atoms. The summed E-state index contributed by atoms with van der Waals surface area (Å²) in [6, 6.07) is 19.7. The van der Waals surface area contributed by atoms with Crippen LogP contribution >= 0.6 is 0 Å². The zero-order chi connectivity index (χ0) is 23.8. The minimum absolute atomic E-state index is 0.116. The van der Waals surface area contributed by atoms with Crippen LogP contribution in [0.25, 0.3) is 0 Å². The van der Waals surface area contributed by atoms with Gasteiger partial charge in [-0.1, -0.05) is 36.4 Å². The van der Waals surface area contributed by atoms with Gasteiger partial charge in [-0.25, -0.2) is 4.39 Å². The van der Waals surface area contributed by atoms with Crippen LogP contribution in [0.2, 0.25) is 0 Å². The molecule has 0 aliphatic carbocycles. The SMILES string of the molecule is O=C(NCc1ccccc1)C(=O)NC[C@H](c1cccnc1)N1CCN(c2ccc(F)cc2)CC1. The number of carbonyl (C=O) groups is 2. The van der Waals surface area contributed by atoms with Crippen molar-refractivity contribution in [2.75, 3.05) is 37.6 Å². The molecule has 3 aromatic rings. The Morgan fingerprint density at radius 1 is 0.882 bits per heavy atom. The predicted molar refractivity (Wildman–Crippen MR) is 128 cm³/mol. The first-order valence-electron chi connectivity index (χ1n) is 11.3. The Morgan fingerprint density at radius 3 is 2.26 bits per heavy atom. The van der Waals surface area contributed by atoms with Gasteiger partial charge in [0, 0.05) is 57.3 Å². The van der Waals surface area contributed by atoms with Crippen LogP contribution in [0.4, 0.5) is 10.1 Å². The second kappa shape index (κ2) is 11.4.